The number of nitrogens with zero attached hydrogens (tertiary/aromatic N) is 3. The summed E-state index contributed by atoms with van der Waals surface area (Å²) in [5.74, 6) is 0.768. The Hall–Kier alpha value is -0.720. The molecule has 1 N–H and O–H groups in total. The van der Waals surface area contributed by atoms with Gasteiger partial charge in [-0.1, -0.05) is 0 Å². The molecule has 2 aliphatic rings. The van der Waals surface area contributed by atoms with E-state index in [0.29, 0.717) is 0 Å². The predicted molar refractivity (Wildman–Crippen MR) is 79.6 cm³/mol. The largest absolute Gasteiger partial charge is 0.392 e. The summed E-state index contributed by atoms with van der Waals surface area (Å²) < 4.78 is 6.67. The van der Waals surface area contributed by atoms with Gasteiger partial charge in [-0.15, -0.1) is 0 Å². The van der Waals surface area contributed by atoms with Gasteiger partial charge < -0.3 is 14.7 Å². The normalized spacial score (nSPS) is 28.4. The van der Waals surface area contributed by atoms with E-state index in [0.717, 1.165) is 49.4 Å². The van der Waals surface area contributed by atoms with Crippen LogP contribution in [-0.4, -0.2) is 47.0 Å². The highest BCUT2D eigenvalue weighted by molar-refractivity contribution is 9.10. The maximum Gasteiger partial charge on any atom is 0.225 e. The van der Waals surface area contributed by atoms with Crippen LogP contribution in [0.3, 0.4) is 0 Å². The molecule has 0 aromatic carbocycles. The topological polar surface area (TPSA) is 58.5 Å². The summed E-state index contributed by atoms with van der Waals surface area (Å²) in [4.78, 5) is 10.9. The van der Waals surface area contributed by atoms with Crippen LogP contribution in [0, 0.1) is 5.41 Å². The molecule has 5 nitrogen and oxygen atoms in total. The van der Waals surface area contributed by atoms with E-state index in [-0.39, 0.29) is 17.6 Å². The van der Waals surface area contributed by atoms with Crippen LogP contribution in [0.25, 0.3) is 0 Å². The Morgan fingerprint density at radius 3 is 2.60 bits per heavy atom. The number of halogens is 1. The lowest BCUT2D eigenvalue weighted by molar-refractivity contribution is -0.199. The number of hydrogen-bond acceptors (Lipinski definition) is 5. The Bertz CT molecular complexity index is 458. The number of aliphatic hydroxyl groups excluding tert-OH is 1. The van der Waals surface area contributed by atoms with Crippen molar-refractivity contribution in [3.63, 3.8) is 0 Å². The van der Waals surface area contributed by atoms with Gasteiger partial charge in [0.2, 0.25) is 5.95 Å². The fourth-order valence-corrected chi connectivity index (χ4v) is 3.61. The molecule has 1 saturated heterocycles. The molecule has 0 radical (unpaired) electrons. The van der Waals surface area contributed by atoms with Crippen LogP contribution in [0.5, 0.6) is 0 Å². The Labute approximate surface area is 127 Å². The molecule has 1 aliphatic heterocycles. The second-order valence-electron chi connectivity index (χ2n) is 5.62. The summed E-state index contributed by atoms with van der Waals surface area (Å²) >= 11 is 3.35. The highest BCUT2D eigenvalue weighted by Crippen LogP contribution is 2.51. The molecule has 3 rings (SSSR count). The van der Waals surface area contributed by atoms with Gasteiger partial charge in [0.05, 0.1) is 16.7 Å². The van der Waals surface area contributed by atoms with E-state index < -0.39 is 0 Å². The fourth-order valence-electron chi connectivity index (χ4n) is 3.41. The summed E-state index contributed by atoms with van der Waals surface area (Å²) in [5, 5.41) is 10.2. The van der Waals surface area contributed by atoms with Crippen molar-refractivity contribution in [2.24, 2.45) is 5.41 Å². The zero-order valence-electron chi connectivity index (χ0n) is 11.6. The lowest BCUT2D eigenvalue weighted by atomic mass is 9.58. The molecule has 1 aromatic rings. The van der Waals surface area contributed by atoms with Crippen molar-refractivity contribution in [2.75, 3.05) is 24.6 Å². The Kier molecular flexibility index (Phi) is 3.97. The molecule has 0 amide bonds. The monoisotopic (exact) mass is 341 g/mol. The molecule has 1 spiro atoms. The van der Waals surface area contributed by atoms with Crippen LogP contribution >= 0.6 is 15.9 Å². The number of anilines is 1. The van der Waals surface area contributed by atoms with Crippen molar-refractivity contribution >= 4 is 21.9 Å². The van der Waals surface area contributed by atoms with Gasteiger partial charge in [0.1, 0.15) is 0 Å². The number of aliphatic hydroxyl groups is 1. The minimum atomic E-state index is -0.216. The van der Waals surface area contributed by atoms with Crippen molar-refractivity contribution in [2.45, 2.75) is 38.4 Å². The number of hydrogen-bond donors (Lipinski definition) is 1. The van der Waals surface area contributed by atoms with Crippen molar-refractivity contribution in [3.05, 3.63) is 16.9 Å². The summed E-state index contributed by atoms with van der Waals surface area (Å²) in [6, 6.07) is 0. The third-order valence-electron chi connectivity index (χ3n) is 4.69. The number of ether oxygens (including phenoxy) is 1. The van der Waals surface area contributed by atoms with Crippen LogP contribution in [-0.2, 0) is 4.74 Å². The highest BCUT2D eigenvalue weighted by atomic mass is 79.9. The van der Waals surface area contributed by atoms with E-state index in [2.05, 4.69) is 30.8 Å². The van der Waals surface area contributed by atoms with Crippen molar-refractivity contribution in [1.29, 1.82) is 0 Å². The average molecular weight is 342 g/mol. The van der Waals surface area contributed by atoms with Gasteiger partial charge in [0, 0.05) is 43.9 Å². The first-order chi connectivity index (χ1) is 9.65. The molecule has 20 heavy (non-hydrogen) atoms. The molecule has 1 saturated carbocycles. The first kappa shape index (κ1) is 14.2. The molecular formula is C14H20BrN3O2. The SMILES string of the molecule is CCO[C@@H]1C[C@H](O)C12CCN(c1ncc(Br)cn1)CC2. The molecule has 2 fully saturated rings. The Balaban J connectivity index is 1.65. The lowest BCUT2D eigenvalue weighted by Gasteiger charge is -2.56. The molecule has 6 heteroatoms. The number of aromatic nitrogens is 2. The minimum Gasteiger partial charge on any atom is -0.392 e. The molecule has 110 valence electrons. The average Bonchev–Trinajstić information content (AvgIpc) is 2.48. The van der Waals surface area contributed by atoms with Crippen molar-refractivity contribution in [1.82, 2.24) is 9.97 Å². The molecule has 0 bridgehead atoms. The summed E-state index contributed by atoms with van der Waals surface area (Å²) in [6.45, 7) is 4.49. The standard InChI is InChI=1S/C14H20BrN3O2/c1-2-20-12-7-11(19)14(12)3-5-18(6-4-14)13-16-8-10(15)9-17-13/h8-9,11-12,19H,2-7H2,1H3/t11-,12+/m0/s1. The van der Waals surface area contributed by atoms with Gasteiger partial charge in [-0.3, -0.25) is 0 Å². The van der Waals surface area contributed by atoms with Gasteiger partial charge in [-0.25, -0.2) is 9.97 Å². The Morgan fingerprint density at radius 2 is 2.05 bits per heavy atom. The highest BCUT2D eigenvalue weighted by Gasteiger charge is 2.56. The van der Waals surface area contributed by atoms with Gasteiger partial charge in [0.25, 0.3) is 0 Å². The molecule has 0 unspecified atom stereocenters. The summed E-state index contributed by atoms with van der Waals surface area (Å²) in [6.07, 6.45) is 6.21. The third kappa shape index (κ3) is 2.34. The third-order valence-corrected chi connectivity index (χ3v) is 5.10. The first-order valence-corrected chi connectivity index (χ1v) is 7.97. The molecule has 2 heterocycles. The fraction of sp³-hybridized carbons (Fsp3) is 0.714. The van der Waals surface area contributed by atoms with Crippen LogP contribution in [0.2, 0.25) is 0 Å². The maximum atomic E-state index is 10.2. The van der Waals surface area contributed by atoms with Gasteiger partial charge in [-0.05, 0) is 35.7 Å². The van der Waals surface area contributed by atoms with E-state index in [9.17, 15) is 5.11 Å². The number of piperidine rings is 1. The van der Waals surface area contributed by atoms with E-state index in [1.54, 1.807) is 12.4 Å². The summed E-state index contributed by atoms with van der Waals surface area (Å²) in [5.41, 5.74) is -0.0398. The van der Waals surface area contributed by atoms with Crippen LogP contribution in [0.1, 0.15) is 26.2 Å². The van der Waals surface area contributed by atoms with Crippen LogP contribution < -0.4 is 4.90 Å². The maximum absolute atomic E-state index is 10.2. The molecule has 1 aromatic heterocycles. The zero-order valence-corrected chi connectivity index (χ0v) is 13.2. The lowest BCUT2D eigenvalue weighted by Crippen LogP contribution is -2.62. The van der Waals surface area contributed by atoms with Crippen LogP contribution in [0.15, 0.2) is 16.9 Å². The quantitative estimate of drug-likeness (QED) is 0.911. The number of rotatable bonds is 3. The van der Waals surface area contributed by atoms with E-state index in [1.165, 1.54) is 0 Å². The molecular weight excluding hydrogens is 322 g/mol. The van der Waals surface area contributed by atoms with E-state index >= 15 is 0 Å². The van der Waals surface area contributed by atoms with Crippen molar-refractivity contribution < 1.29 is 9.84 Å². The van der Waals surface area contributed by atoms with Gasteiger partial charge >= 0.3 is 0 Å². The summed E-state index contributed by atoms with van der Waals surface area (Å²) in [7, 11) is 0. The smallest absolute Gasteiger partial charge is 0.225 e. The second-order valence-corrected chi connectivity index (χ2v) is 6.53. The Morgan fingerprint density at radius 1 is 1.40 bits per heavy atom. The van der Waals surface area contributed by atoms with Crippen LogP contribution in [0.4, 0.5) is 5.95 Å². The van der Waals surface area contributed by atoms with E-state index in [4.69, 9.17) is 4.74 Å². The van der Waals surface area contributed by atoms with Gasteiger partial charge in [-0.2, -0.15) is 0 Å². The van der Waals surface area contributed by atoms with Gasteiger partial charge in [0.15, 0.2) is 0 Å². The van der Waals surface area contributed by atoms with Crippen molar-refractivity contribution in [3.8, 4) is 0 Å². The molecule has 1 aliphatic carbocycles. The van der Waals surface area contributed by atoms with E-state index in [1.807, 2.05) is 6.92 Å². The predicted octanol–water partition coefficient (Wildman–Crippen LogP) is 2.00. The second kappa shape index (κ2) is 5.58. The first-order valence-electron chi connectivity index (χ1n) is 7.18. The molecule has 2 atom stereocenters. The zero-order chi connectivity index (χ0) is 14.2. The minimum absolute atomic E-state index is 0.0398.